The number of ketones is 1. The van der Waals surface area contributed by atoms with E-state index in [1.807, 2.05) is 19.1 Å². The first kappa shape index (κ1) is 16.5. The Hall–Kier alpha value is -1.89. The summed E-state index contributed by atoms with van der Waals surface area (Å²) >= 11 is 0. The molecule has 0 unspecified atom stereocenters. The number of carbonyl (C=O) groups is 1. The number of hydrogen-bond acceptors (Lipinski definition) is 1. The van der Waals surface area contributed by atoms with E-state index in [4.69, 9.17) is 0 Å². The van der Waals surface area contributed by atoms with E-state index in [-0.39, 0.29) is 5.78 Å². The van der Waals surface area contributed by atoms with E-state index >= 15 is 0 Å². The third-order valence-electron chi connectivity index (χ3n) is 5.53. The second-order valence-electron chi connectivity index (χ2n) is 6.51. The first-order valence-electron chi connectivity index (χ1n) is 7.86. The summed E-state index contributed by atoms with van der Waals surface area (Å²) in [6, 6.07) is 4.03. The molecule has 1 nitrogen and oxygen atoms in total. The van der Waals surface area contributed by atoms with Gasteiger partial charge in [-0.2, -0.15) is 0 Å². The quantitative estimate of drug-likeness (QED) is 0.679. The van der Waals surface area contributed by atoms with Crippen LogP contribution in [0.3, 0.4) is 0 Å². The first-order chi connectivity index (χ1) is 10.2. The van der Waals surface area contributed by atoms with Gasteiger partial charge in [0.15, 0.2) is 5.78 Å². The molecule has 0 heterocycles. The van der Waals surface area contributed by atoms with E-state index in [1.54, 1.807) is 0 Å². The summed E-state index contributed by atoms with van der Waals surface area (Å²) in [5.74, 6) is 0.154. The van der Waals surface area contributed by atoms with E-state index in [0.717, 1.165) is 27.8 Å². The maximum absolute atomic E-state index is 13.2. The number of aryl methyl sites for hydroxylation is 1. The first-order valence-corrected chi connectivity index (χ1v) is 7.86. The molecule has 0 fully saturated rings. The Morgan fingerprint density at radius 2 is 1.05 bits per heavy atom. The van der Waals surface area contributed by atoms with Crippen LogP contribution in [-0.2, 0) is 0 Å². The molecule has 0 bridgehead atoms. The summed E-state index contributed by atoms with van der Waals surface area (Å²) in [4.78, 5) is 13.2. The van der Waals surface area contributed by atoms with Crippen LogP contribution in [0.1, 0.15) is 60.4 Å². The predicted octanol–water partition coefficient (Wildman–Crippen LogP) is 5.38. The van der Waals surface area contributed by atoms with E-state index in [2.05, 4.69) is 48.5 Å². The predicted molar refractivity (Wildman–Crippen MR) is 94.2 cm³/mol. The van der Waals surface area contributed by atoms with Gasteiger partial charge in [-0.15, -0.1) is 0 Å². The molecule has 0 amide bonds. The van der Waals surface area contributed by atoms with E-state index in [9.17, 15) is 4.79 Å². The highest BCUT2D eigenvalue weighted by Gasteiger charge is 2.21. The maximum atomic E-state index is 13.2. The Morgan fingerprint density at radius 3 is 1.55 bits per heavy atom. The molecule has 0 N–H and O–H groups in total. The second kappa shape index (κ2) is 5.72. The summed E-state index contributed by atoms with van der Waals surface area (Å²) < 4.78 is 0. The third kappa shape index (κ3) is 2.39. The van der Waals surface area contributed by atoms with Gasteiger partial charge in [-0.3, -0.25) is 4.79 Å². The Balaban J connectivity index is 2.73. The molecule has 0 aliphatic rings. The number of carbonyl (C=O) groups excluding carboxylic acids is 1. The molecule has 0 aliphatic carbocycles. The lowest BCUT2D eigenvalue weighted by Crippen LogP contribution is -2.12. The molecule has 2 aromatic rings. The van der Waals surface area contributed by atoms with Gasteiger partial charge in [0, 0.05) is 11.1 Å². The van der Waals surface area contributed by atoms with Gasteiger partial charge in [-0.05, 0) is 99.9 Å². The molecule has 0 saturated carbocycles. The topological polar surface area (TPSA) is 17.1 Å². The largest absolute Gasteiger partial charge is 0.289 e. The molecule has 0 spiro atoms. The molecule has 22 heavy (non-hydrogen) atoms. The van der Waals surface area contributed by atoms with Crippen LogP contribution in [0.4, 0.5) is 0 Å². The molecular weight excluding hydrogens is 268 g/mol. The molecule has 2 rings (SSSR count). The van der Waals surface area contributed by atoms with Crippen molar-refractivity contribution in [2.24, 2.45) is 0 Å². The van der Waals surface area contributed by atoms with Gasteiger partial charge < -0.3 is 0 Å². The smallest absolute Gasteiger partial charge is 0.193 e. The highest BCUT2D eigenvalue weighted by Crippen LogP contribution is 2.29. The van der Waals surface area contributed by atoms with Gasteiger partial charge in [0.25, 0.3) is 0 Å². The zero-order chi connectivity index (χ0) is 16.8. The van der Waals surface area contributed by atoms with Gasteiger partial charge in [0.2, 0.25) is 0 Å². The van der Waals surface area contributed by atoms with Crippen molar-refractivity contribution in [3.05, 3.63) is 67.8 Å². The van der Waals surface area contributed by atoms with E-state index in [0.29, 0.717) is 0 Å². The van der Waals surface area contributed by atoms with Crippen molar-refractivity contribution in [2.45, 2.75) is 55.4 Å². The summed E-state index contributed by atoms with van der Waals surface area (Å²) in [6.07, 6.45) is 0. The monoisotopic (exact) mass is 294 g/mol. The van der Waals surface area contributed by atoms with Crippen molar-refractivity contribution in [2.75, 3.05) is 0 Å². The fraction of sp³-hybridized carbons (Fsp3) is 0.381. The van der Waals surface area contributed by atoms with Gasteiger partial charge in [-0.25, -0.2) is 0 Å². The SMILES string of the molecule is Cc1ccc(C(=O)c2c(C)c(C)c(C)c(C)c2C)c(C)c1C. The van der Waals surface area contributed by atoms with Crippen molar-refractivity contribution in [3.8, 4) is 0 Å². The van der Waals surface area contributed by atoms with Gasteiger partial charge in [0.1, 0.15) is 0 Å². The zero-order valence-corrected chi connectivity index (χ0v) is 15.1. The van der Waals surface area contributed by atoms with Crippen LogP contribution in [0.2, 0.25) is 0 Å². The molecule has 0 saturated heterocycles. The lowest BCUT2D eigenvalue weighted by Gasteiger charge is -2.19. The lowest BCUT2D eigenvalue weighted by molar-refractivity contribution is 0.103. The fourth-order valence-electron chi connectivity index (χ4n) is 3.18. The van der Waals surface area contributed by atoms with Crippen LogP contribution in [0.25, 0.3) is 0 Å². The maximum Gasteiger partial charge on any atom is 0.193 e. The van der Waals surface area contributed by atoms with Crippen LogP contribution in [0.5, 0.6) is 0 Å². The third-order valence-corrected chi connectivity index (χ3v) is 5.53. The number of benzene rings is 2. The average molecular weight is 294 g/mol. The Labute approximate surface area is 134 Å². The van der Waals surface area contributed by atoms with Crippen molar-refractivity contribution in [1.29, 1.82) is 0 Å². The molecule has 1 heteroatoms. The minimum atomic E-state index is 0.154. The van der Waals surface area contributed by atoms with Crippen LogP contribution >= 0.6 is 0 Å². The van der Waals surface area contributed by atoms with Gasteiger partial charge in [-0.1, -0.05) is 12.1 Å². The van der Waals surface area contributed by atoms with Crippen molar-refractivity contribution < 1.29 is 4.79 Å². The van der Waals surface area contributed by atoms with Gasteiger partial charge >= 0.3 is 0 Å². The van der Waals surface area contributed by atoms with Crippen molar-refractivity contribution >= 4 is 5.78 Å². The van der Waals surface area contributed by atoms with Crippen molar-refractivity contribution in [3.63, 3.8) is 0 Å². The second-order valence-corrected chi connectivity index (χ2v) is 6.51. The van der Waals surface area contributed by atoms with Gasteiger partial charge in [0.05, 0.1) is 0 Å². The standard InChI is InChI=1S/C21H26O/c1-11-9-10-19(16(6)12(11)2)21(22)20-17(7)14(4)13(3)15(5)18(20)8/h9-10H,1-8H3. The van der Waals surface area contributed by atoms with Crippen LogP contribution in [0.15, 0.2) is 12.1 Å². The minimum Gasteiger partial charge on any atom is -0.289 e. The zero-order valence-electron chi connectivity index (χ0n) is 15.1. The normalized spacial score (nSPS) is 10.9. The number of rotatable bonds is 2. The summed E-state index contributed by atoms with van der Waals surface area (Å²) in [5.41, 5.74) is 11.2. The summed E-state index contributed by atoms with van der Waals surface area (Å²) in [6.45, 7) is 16.7. The van der Waals surface area contributed by atoms with Crippen LogP contribution < -0.4 is 0 Å². The molecule has 0 radical (unpaired) electrons. The highest BCUT2D eigenvalue weighted by atomic mass is 16.1. The Bertz CT molecular complexity index is 750. The van der Waals surface area contributed by atoms with Crippen molar-refractivity contribution in [1.82, 2.24) is 0 Å². The molecule has 0 aliphatic heterocycles. The summed E-state index contributed by atoms with van der Waals surface area (Å²) in [5, 5.41) is 0. The van der Waals surface area contributed by atoms with E-state index < -0.39 is 0 Å². The minimum absolute atomic E-state index is 0.154. The number of hydrogen-bond donors (Lipinski definition) is 0. The molecule has 0 aromatic heterocycles. The van der Waals surface area contributed by atoms with Crippen LogP contribution in [-0.4, -0.2) is 5.78 Å². The average Bonchev–Trinajstić information content (AvgIpc) is 2.49. The Kier molecular flexibility index (Phi) is 4.28. The Morgan fingerprint density at radius 1 is 0.591 bits per heavy atom. The molecular formula is C21H26O. The molecule has 116 valence electrons. The van der Waals surface area contributed by atoms with Crippen LogP contribution in [0, 0.1) is 55.4 Å². The lowest BCUT2D eigenvalue weighted by atomic mass is 9.84. The molecule has 0 atom stereocenters. The van der Waals surface area contributed by atoms with E-state index in [1.165, 1.54) is 27.8 Å². The highest BCUT2D eigenvalue weighted by molar-refractivity contribution is 6.12. The molecule has 2 aromatic carbocycles. The fourth-order valence-corrected chi connectivity index (χ4v) is 3.18. The summed E-state index contributed by atoms with van der Waals surface area (Å²) in [7, 11) is 0.